The van der Waals surface area contributed by atoms with Crippen molar-refractivity contribution in [1.82, 2.24) is 25.8 Å². The minimum Gasteiger partial charge on any atom is -0.461 e. The maximum absolute atomic E-state index is 5.29. The van der Waals surface area contributed by atoms with Gasteiger partial charge in [-0.3, -0.25) is 5.10 Å². The van der Waals surface area contributed by atoms with Gasteiger partial charge in [0.15, 0.2) is 11.7 Å². The van der Waals surface area contributed by atoms with Gasteiger partial charge in [0.05, 0.1) is 6.26 Å². The highest BCUT2D eigenvalue weighted by molar-refractivity contribution is 5.79. The van der Waals surface area contributed by atoms with E-state index in [0.717, 1.165) is 25.5 Å². The third-order valence-corrected chi connectivity index (χ3v) is 3.55. The summed E-state index contributed by atoms with van der Waals surface area (Å²) in [6.45, 7) is 4.06. The summed E-state index contributed by atoms with van der Waals surface area (Å²) in [5.41, 5.74) is 1.30. The number of nitrogens with zero attached hydrogens (tertiary/aromatic N) is 3. The third kappa shape index (κ3) is 4.94. The van der Waals surface area contributed by atoms with Gasteiger partial charge in [-0.2, -0.15) is 0 Å². The maximum Gasteiger partial charge on any atom is 0.216 e. The van der Waals surface area contributed by atoms with E-state index in [4.69, 9.17) is 4.42 Å². The second-order valence-electron chi connectivity index (χ2n) is 5.44. The topological polar surface area (TPSA) is 91.1 Å². The number of hydrogen-bond donors (Lipinski definition) is 3. The number of hydrogen-bond acceptors (Lipinski definition) is 4. The normalized spacial score (nSPS) is 11.5. The van der Waals surface area contributed by atoms with Crippen LogP contribution in [0, 0.1) is 0 Å². The van der Waals surface area contributed by atoms with Crippen molar-refractivity contribution in [3.05, 3.63) is 60.1 Å². The molecule has 7 nitrogen and oxygen atoms in total. The van der Waals surface area contributed by atoms with Crippen LogP contribution in [0.5, 0.6) is 0 Å². The fourth-order valence-corrected chi connectivity index (χ4v) is 2.35. The molecule has 2 aromatic heterocycles. The number of aromatic nitrogens is 3. The molecule has 130 valence electrons. The number of H-pyrrole nitrogens is 1. The van der Waals surface area contributed by atoms with Crippen molar-refractivity contribution in [3.63, 3.8) is 0 Å². The number of benzene rings is 1. The van der Waals surface area contributed by atoms with Gasteiger partial charge in [0, 0.05) is 13.1 Å². The van der Waals surface area contributed by atoms with Gasteiger partial charge in [0.2, 0.25) is 5.82 Å². The molecular formula is C18H22N6O. The van der Waals surface area contributed by atoms with Crippen LogP contribution in [0.15, 0.2) is 58.1 Å². The zero-order chi connectivity index (χ0) is 17.3. The molecule has 1 aromatic carbocycles. The van der Waals surface area contributed by atoms with Crippen LogP contribution in [0.1, 0.15) is 18.3 Å². The first-order chi connectivity index (χ1) is 12.3. The Morgan fingerprint density at radius 2 is 2.04 bits per heavy atom. The lowest BCUT2D eigenvalue weighted by atomic mass is 10.1. The summed E-state index contributed by atoms with van der Waals surface area (Å²) in [5, 5.41) is 13.6. The van der Waals surface area contributed by atoms with Gasteiger partial charge in [0.1, 0.15) is 12.4 Å². The number of nitrogens with one attached hydrogen (secondary N) is 3. The zero-order valence-electron chi connectivity index (χ0n) is 14.2. The number of aliphatic imine (C=N–C) groups is 1. The number of aromatic amines is 1. The van der Waals surface area contributed by atoms with Crippen LogP contribution in [0.25, 0.3) is 11.6 Å². The molecule has 25 heavy (non-hydrogen) atoms. The predicted molar refractivity (Wildman–Crippen MR) is 97.0 cm³/mol. The summed E-state index contributed by atoms with van der Waals surface area (Å²) in [5.74, 6) is 2.62. The molecule has 3 aromatic rings. The Morgan fingerprint density at radius 3 is 2.80 bits per heavy atom. The van der Waals surface area contributed by atoms with Crippen molar-refractivity contribution in [1.29, 1.82) is 0 Å². The minimum absolute atomic E-state index is 0.411. The van der Waals surface area contributed by atoms with Gasteiger partial charge in [-0.05, 0) is 31.0 Å². The fraction of sp³-hybridized carbons (Fsp3) is 0.278. The predicted octanol–water partition coefficient (Wildman–Crippen LogP) is 2.36. The lowest BCUT2D eigenvalue weighted by Crippen LogP contribution is -2.38. The Morgan fingerprint density at radius 1 is 1.16 bits per heavy atom. The molecule has 0 unspecified atom stereocenters. The average molecular weight is 338 g/mol. The quantitative estimate of drug-likeness (QED) is 0.454. The van der Waals surface area contributed by atoms with E-state index >= 15 is 0 Å². The highest BCUT2D eigenvalue weighted by atomic mass is 16.3. The van der Waals surface area contributed by atoms with E-state index in [1.54, 1.807) is 6.26 Å². The van der Waals surface area contributed by atoms with Crippen molar-refractivity contribution >= 4 is 5.96 Å². The number of rotatable bonds is 7. The second-order valence-corrected chi connectivity index (χ2v) is 5.44. The maximum atomic E-state index is 5.29. The Hall–Kier alpha value is -3.09. The molecule has 7 heteroatoms. The van der Waals surface area contributed by atoms with Crippen LogP contribution < -0.4 is 10.6 Å². The number of guanidine groups is 1. The van der Waals surface area contributed by atoms with E-state index < -0.39 is 0 Å². The largest absolute Gasteiger partial charge is 0.461 e. The molecule has 2 heterocycles. The molecule has 0 spiro atoms. The first-order valence-corrected chi connectivity index (χ1v) is 8.36. The van der Waals surface area contributed by atoms with Crippen molar-refractivity contribution in [2.24, 2.45) is 4.99 Å². The van der Waals surface area contributed by atoms with E-state index in [-0.39, 0.29) is 0 Å². The van der Waals surface area contributed by atoms with Gasteiger partial charge >= 0.3 is 0 Å². The van der Waals surface area contributed by atoms with Gasteiger partial charge < -0.3 is 15.1 Å². The Balaban J connectivity index is 1.54. The highest BCUT2D eigenvalue weighted by Crippen LogP contribution is 2.14. The summed E-state index contributed by atoms with van der Waals surface area (Å²) in [7, 11) is 0. The van der Waals surface area contributed by atoms with Crippen molar-refractivity contribution in [2.45, 2.75) is 19.9 Å². The summed E-state index contributed by atoms with van der Waals surface area (Å²) in [4.78, 5) is 8.93. The summed E-state index contributed by atoms with van der Waals surface area (Å²) >= 11 is 0. The minimum atomic E-state index is 0.411. The Labute approximate surface area is 146 Å². The van der Waals surface area contributed by atoms with Crippen molar-refractivity contribution in [2.75, 3.05) is 13.1 Å². The van der Waals surface area contributed by atoms with Crippen LogP contribution >= 0.6 is 0 Å². The van der Waals surface area contributed by atoms with Crippen LogP contribution in [-0.4, -0.2) is 34.2 Å². The van der Waals surface area contributed by atoms with Crippen LogP contribution in [0.4, 0.5) is 0 Å². The molecule has 0 aliphatic carbocycles. The van der Waals surface area contributed by atoms with E-state index in [1.807, 2.05) is 25.1 Å². The standard InChI is InChI=1S/C18H22N6O/c1-2-19-18(20-11-10-14-7-4-3-5-8-14)21-13-16-22-17(24-23-16)15-9-6-12-25-15/h3-9,12H,2,10-11,13H2,1H3,(H2,19,20,21)(H,22,23,24). The molecule has 0 amide bonds. The molecule has 0 radical (unpaired) electrons. The lowest BCUT2D eigenvalue weighted by Gasteiger charge is -2.10. The van der Waals surface area contributed by atoms with Crippen LogP contribution in [0.3, 0.4) is 0 Å². The molecular weight excluding hydrogens is 316 g/mol. The van der Waals surface area contributed by atoms with Crippen molar-refractivity contribution < 1.29 is 4.42 Å². The zero-order valence-corrected chi connectivity index (χ0v) is 14.2. The first kappa shape index (κ1) is 16.8. The molecule has 0 bridgehead atoms. The SMILES string of the molecule is CCNC(=NCc1nc(-c2ccco2)n[nH]1)NCCc1ccccc1. The van der Waals surface area contributed by atoms with Crippen LogP contribution in [-0.2, 0) is 13.0 Å². The van der Waals surface area contributed by atoms with E-state index in [2.05, 4.69) is 55.1 Å². The van der Waals surface area contributed by atoms with E-state index in [1.165, 1.54) is 5.56 Å². The molecule has 0 saturated carbocycles. The second kappa shape index (κ2) is 8.68. The molecule has 3 N–H and O–H groups in total. The van der Waals surface area contributed by atoms with E-state index in [9.17, 15) is 0 Å². The van der Waals surface area contributed by atoms with Gasteiger partial charge in [-0.1, -0.05) is 30.3 Å². The monoisotopic (exact) mass is 338 g/mol. The molecule has 0 saturated heterocycles. The van der Waals surface area contributed by atoms with Gasteiger partial charge in [0.25, 0.3) is 0 Å². The van der Waals surface area contributed by atoms with Crippen molar-refractivity contribution in [3.8, 4) is 11.6 Å². The average Bonchev–Trinajstić information content (AvgIpc) is 3.32. The Kier molecular flexibility index (Phi) is 5.82. The molecule has 3 rings (SSSR count). The molecule has 0 atom stereocenters. The third-order valence-electron chi connectivity index (χ3n) is 3.55. The van der Waals surface area contributed by atoms with E-state index in [0.29, 0.717) is 24.0 Å². The number of furan rings is 1. The highest BCUT2D eigenvalue weighted by Gasteiger charge is 2.08. The van der Waals surface area contributed by atoms with Gasteiger partial charge in [-0.25, -0.2) is 9.98 Å². The smallest absolute Gasteiger partial charge is 0.216 e. The summed E-state index contributed by atoms with van der Waals surface area (Å²) in [6, 6.07) is 14.0. The molecule has 0 fully saturated rings. The molecule has 0 aliphatic rings. The summed E-state index contributed by atoms with van der Waals surface area (Å²) < 4.78 is 5.29. The fourth-order valence-electron chi connectivity index (χ4n) is 2.35. The van der Waals surface area contributed by atoms with Gasteiger partial charge in [-0.15, -0.1) is 5.10 Å². The first-order valence-electron chi connectivity index (χ1n) is 8.36. The summed E-state index contributed by atoms with van der Waals surface area (Å²) in [6.07, 6.45) is 2.54. The lowest BCUT2D eigenvalue weighted by molar-refractivity contribution is 0.577. The Bertz CT molecular complexity index is 779. The van der Waals surface area contributed by atoms with Crippen LogP contribution in [0.2, 0.25) is 0 Å². The molecule has 0 aliphatic heterocycles.